The SMILES string of the molecule is CCOc1cccc(CNc2ccc(C(N)=O)cc2C)c1. The van der Waals surface area contributed by atoms with Crippen molar-refractivity contribution in [2.45, 2.75) is 20.4 Å². The summed E-state index contributed by atoms with van der Waals surface area (Å²) in [7, 11) is 0. The van der Waals surface area contributed by atoms with Gasteiger partial charge in [-0.15, -0.1) is 0 Å². The molecule has 0 aliphatic heterocycles. The van der Waals surface area contributed by atoms with E-state index in [0.717, 1.165) is 22.6 Å². The van der Waals surface area contributed by atoms with Crippen LogP contribution in [0, 0.1) is 6.92 Å². The predicted molar refractivity (Wildman–Crippen MR) is 84.6 cm³/mol. The van der Waals surface area contributed by atoms with Crippen LogP contribution in [-0.4, -0.2) is 12.5 Å². The highest BCUT2D eigenvalue weighted by Gasteiger charge is 2.04. The van der Waals surface area contributed by atoms with Crippen LogP contribution in [0.5, 0.6) is 5.75 Å². The molecule has 0 radical (unpaired) electrons. The topological polar surface area (TPSA) is 64.3 Å². The van der Waals surface area contributed by atoms with E-state index in [1.54, 1.807) is 12.1 Å². The van der Waals surface area contributed by atoms with Gasteiger partial charge in [0.25, 0.3) is 0 Å². The number of primary amides is 1. The Morgan fingerprint density at radius 1 is 1.24 bits per heavy atom. The fourth-order valence-electron chi connectivity index (χ4n) is 2.12. The van der Waals surface area contributed by atoms with E-state index in [9.17, 15) is 4.79 Å². The van der Waals surface area contributed by atoms with Gasteiger partial charge in [0.05, 0.1) is 6.61 Å². The number of ether oxygens (including phenoxy) is 1. The average Bonchev–Trinajstić information content (AvgIpc) is 2.46. The fraction of sp³-hybridized carbons (Fsp3) is 0.235. The molecule has 0 bridgehead atoms. The molecule has 4 heteroatoms. The molecule has 0 saturated carbocycles. The first-order valence-electron chi connectivity index (χ1n) is 6.96. The molecular weight excluding hydrogens is 264 g/mol. The summed E-state index contributed by atoms with van der Waals surface area (Å²) in [5.41, 5.74) is 8.91. The Hall–Kier alpha value is -2.49. The minimum Gasteiger partial charge on any atom is -0.494 e. The van der Waals surface area contributed by atoms with Gasteiger partial charge in [0.2, 0.25) is 5.91 Å². The molecule has 0 atom stereocenters. The van der Waals surface area contributed by atoms with Gasteiger partial charge in [0.1, 0.15) is 5.75 Å². The summed E-state index contributed by atoms with van der Waals surface area (Å²) < 4.78 is 5.49. The molecule has 0 aliphatic rings. The van der Waals surface area contributed by atoms with Crippen molar-refractivity contribution in [3.63, 3.8) is 0 Å². The maximum atomic E-state index is 11.1. The van der Waals surface area contributed by atoms with Crippen molar-refractivity contribution in [3.05, 3.63) is 59.2 Å². The van der Waals surface area contributed by atoms with E-state index in [4.69, 9.17) is 10.5 Å². The number of nitrogens with two attached hydrogens (primary N) is 1. The summed E-state index contributed by atoms with van der Waals surface area (Å²) in [5.74, 6) is 0.465. The molecule has 1 amide bonds. The van der Waals surface area contributed by atoms with Crippen molar-refractivity contribution in [1.29, 1.82) is 0 Å². The molecule has 0 aliphatic carbocycles. The highest BCUT2D eigenvalue weighted by Crippen LogP contribution is 2.19. The Morgan fingerprint density at radius 3 is 2.71 bits per heavy atom. The van der Waals surface area contributed by atoms with Crippen LogP contribution in [0.15, 0.2) is 42.5 Å². The maximum absolute atomic E-state index is 11.1. The van der Waals surface area contributed by atoms with Gasteiger partial charge in [-0.1, -0.05) is 12.1 Å². The molecule has 2 aromatic rings. The van der Waals surface area contributed by atoms with E-state index in [-0.39, 0.29) is 0 Å². The standard InChI is InChI=1S/C17H20N2O2/c1-3-21-15-6-4-5-13(10-15)11-19-16-8-7-14(17(18)20)9-12(16)2/h4-10,19H,3,11H2,1-2H3,(H2,18,20). The molecular formula is C17H20N2O2. The Labute approximate surface area is 124 Å². The molecule has 4 nitrogen and oxygen atoms in total. The van der Waals surface area contributed by atoms with Crippen LogP contribution < -0.4 is 15.8 Å². The molecule has 0 saturated heterocycles. The smallest absolute Gasteiger partial charge is 0.248 e. The third-order valence-corrected chi connectivity index (χ3v) is 3.20. The number of amides is 1. The van der Waals surface area contributed by atoms with Crippen molar-refractivity contribution in [1.82, 2.24) is 0 Å². The molecule has 0 heterocycles. The number of hydrogen-bond donors (Lipinski definition) is 2. The zero-order valence-corrected chi connectivity index (χ0v) is 12.3. The van der Waals surface area contributed by atoms with Crippen molar-refractivity contribution < 1.29 is 9.53 Å². The second kappa shape index (κ2) is 6.79. The molecule has 0 unspecified atom stereocenters. The van der Waals surface area contributed by atoms with Crippen LogP contribution in [0.1, 0.15) is 28.4 Å². The second-order valence-electron chi connectivity index (χ2n) is 4.83. The number of aryl methyl sites for hydroxylation is 1. The lowest BCUT2D eigenvalue weighted by Crippen LogP contribution is -2.11. The Kier molecular flexibility index (Phi) is 4.82. The van der Waals surface area contributed by atoms with Crippen LogP contribution >= 0.6 is 0 Å². The number of rotatable bonds is 6. The summed E-state index contributed by atoms with van der Waals surface area (Å²) in [5, 5.41) is 3.36. The number of nitrogens with one attached hydrogen (secondary N) is 1. The van der Waals surface area contributed by atoms with Crippen LogP contribution in [0.25, 0.3) is 0 Å². The van der Waals surface area contributed by atoms with Crippen LogP contribution in [0.2, 0.25) is 0 Å². The van der Waals surface area contributed by atoms with E-state index < -0.39 is 5.91 Å². The predicted octanol–water partition coefficient (Wildman–Crippen LogP) is 3.10. The number of anilines is 1. The van der Waals surface area contributed by atoms with Gasteiger partial charge in [-0.2, -0.15) is 0 Å². The number of carbonyl (C=O) groups excluding carboxylic acids is 1. The number of hydrogen-bond acceptors (Lipinski definition) is 3. The first-order chi connectivity index (χ1) is 10.1. The largest absolute Gasteiger partial charge is 0.494 e. The van der Waals surface area contributed by atoms with Gasteiger partial charge < -0.3 is 15.8 Å². The molecule has 3 N–H and O–H groups in total. The summed E-state index contributed by atoms with van der Waals surface area (Å²) in [4.78, 5) is 11.1. The highest BCUT2D eigenvalue weighted by atomic mass is 16.5. The molecule has 2 aromatic carbocycles. The van der Waals surface area contributed by atoms with E-state index >= 15 is 0 Å². The van der Waals surface area contributed by atoms with Crippen molar-refractivity contribution in [2.75, 3.05) is 11.9 Å². The minimum atomic E-state index is -0.408. The van der Waals surface area contributed by atoms with Gasteiger partial charge >= 0.3 is 0 Å². The summed E-state index contributed by atoms with van der Waals surface area (Å²) in [6.07, 6.45) is 0. The highest BCUT2D eigenvalue weighted by molar-refractivity contribution is 5.93. The summed E-state index contributed by atoms with van der Waals surface area (Å²) >= 11 is 0. The molecule has 110 valence electrons. The normalized spacial score (nSPS) is 10.2. The van der Waals surface area contributed by atoms with Gasteiger partial charge in [0.15, 0.2) is 0 Å². The third kappa shape index (κ3) is 3.99. The van der Waals surface area contributed by atoms with E-state index in [1.165, 1.54) is 0 Å². The minimum absolute atomic E-state index is 0.408. The zero-order chi connectivity index (χ0) is 15.2. The average molecular weight is 284 g/mol. The van der Waals surface area contributed by atoms with E-state index in [1.807, 2.05) is 44.2 Å². The summed E-state index contributed by atoms with van der Waals surface area (Å²) in [6.45, 7) is 5.27. The Balaban J connectivity index is 2.06. The zero-order valence-electron chi connectivity index (χ0n) is 12.3. The molecule has 0 fully saturated rings. The van der Waals surface area contributed by atoms with Crippen LogP contribution in [-0.2, 0) is 6.54 Å². The number of benzene rings is 2. The van der Waals surface area contributed by atoms with Crippen molar-refractivity contribution >= 4 is 11.6 Å². The van der Waals surface area contributed by atoms with Crippen LogP contribution in [0.4, 0.5) is 5.69 Å². The first kappa shape index (κ1) is 14.9. The fourth-order valence-corrected chi connectivity index (χ4v) is 2.12. The quantitative estimate of drug-likeness (QED) is 0.856. The second-order valence-corrected chi connectivity index (χ2v) is 4.83. The van der Waals surface area contributed by atoms with E-state index in [2.05, 4.69) is 5.32 Å². The van der Waals surface area contributed by atoms with Gasteiger partial charge in [-0.25, -0.2) is 0 Å². The lowest BCUT2D eigenvalue weighted by molar-refractivity contribution is 0.1000. The van der Waals surface area contributed by atoms with Crippen LogP contribution in [0.3, 0.4) is 0 Å². The van der Waals surface area contributed by atoms with Crippen molar-refractivity contribution in [2.24, 2.45) is 5.73 Å². The summed E-state index contributed by atoms with van der Waals surface area (Å²) in [6, 6.07) is 13.4. The third-order valence-electron chi connectivity index (χ3n) is 3.20. The number of carbonyl (C=O) groups is 1. The van der Waals surface area contributed by atoms with E-state index in [0.29, 0.717) is 18.7 Å². The molecule has 21 heavy (non-hydrogen) atoms. The molecule has 0 spiro atoms. The molecule has 2 rings (SSSR count). The monoisotopic (exact) mass is 284 g/mol. The lowest BCUT2D eigenvalue weighted by atomic mass is 10.1. The first-order valence-corrected chi connectivity index (χ1v) is 6.96. The van der Waals surface area contributed by atoms with Gasteiger partial charge in [-0.3, -0.25) is 4.79 Å². The van der Waals surface area contributed by atoms with Gasteiger partial charge in [0, 0.05) is 17.8 Å². The van der Waals surface area contributed by atoms with Gasteiger partial charge in [-0.05, 0) is 55.3 Å². The Bertz CT molecular complexity index is 638. The van der Waals surface area contributed by atoms with Crippen molar-refractivity contribution in [3.8, 4) is 5.75 Å². The lowest BCUT2D eigenvalue weighted by Gasteiger charge is -2.11. The maximum Gasteiger partial charge on any atom is 0.248 e. The molecule has 0 aromatic heterocycles. The Morgan fingerprint density at radius 2 is 2.05 bits per heavy atom.